The van der Waals surface area contributed by atoms with E-state index in [1.807, 2.05) is 0 Å². The SMILES string of the molecule is CC(C)Cc1c(-c2c(Cl)cccc2Cl)noc1N. The molecular weight excluding hydrogens is 271 g/mol. The van der Waals surface area contributed by atoms with E-state index in [0.29, 0.717) is 33.1 Å². The third kappa shape index (κ3) is 2.47. The van der Waals surface area contributed by atoms with E-state index in [4.69, 9.17) is 33.5 Å². The molecule has 0 aliphatic heterocycles. The van der Waals surface area contributed by atoms with Gasteiger partial charge in [-0.25, -0.2) is 0 Å². The predicted octanol–water partition coefficient (Wildman–Crippen LogP) is 4.43. The minimum absolute atomic E-state index is 0.328. The average molecular weight is 285 g/mol. The number of aromatic nitrogens is 1. The van der Waals surface area contributed by atoms with Gasteiger partial charge >= 0.3 is 0 Å². The zero-order valence-electron chi connectivity index (χ0n) is 10.2. The lowest BCUT2D eigenvalue weighted by Gasteiger charge is -2.08. The summed E-state index contributed by atoms with van der Waals surface area (Å²) < 4.78 is 5.07. The van der Waals surface area contributed by atoms with E-state index in [-0.39, 0.29) is 0 Å². The van der Waals surface area contributed by atoms with Crippen LogP contribution in [0.4, 0.5) is 5.88 Å². The quantitative estimate of drug-likeness (QED) is 0.907. The lowest BCUT2D eigenvalue weighted by atomic mass is 9.99. The second-order valence-corrected chi connectivity index (χ2v) is 5.38. The van der Waals surface area contributed by atoms with Gasteiger partial charge in [-0.05, 0) is 24.5 Å². The number of anilines is 1. The second-order valence-electron chi connectivity index (χ2n) is 4.57. The van der Waals surface area contributed by atoms with Crippen molar-refractivity contribution in [3.8, 4) is 11.3 Å². The van der Waals surface area contributed by atoms with Crippen LogP contribution in [0.5, 0.6) is 0 Å². The van der Waals surface area contributed by atoms with Gasteiger partial charge in [0.05, 0.1) is 10.0 Å². The molecule has 1 aromatic heterocycles. The van der Waals surface area contributed by atoms with Gasteiger partial charge in [-0.15, -0.1) is 0 Å². The lowest BCUT2D eigenvalue weighted by molar-refractivity contribution is 0.438. The van der Waals surface area contributed by atoms with Crippen LogP contribution < -0.4 is 5.73 Å². The molecule has 1 aromatic carbocycles. The summed E-state index contributed by atoms with van der Waals surface area (Å²) in [5.41, 5.74) is 7.99. The standard InChI is InChI=1S/C13H14Cl2N2O/c1-7(2)6-8-12(17-18-13(8)16)11-9(14)4-3-5-10(11)15/h3-5,7H,6,16H2,1-2H3. The molecule has 0 spiro atoms. The fraction of sp³-hybridized carbons (Fsp3) is 0.308. The molecule has 0 atom stereocenters. The minimum atomic E-state index is 0.328. The normalized spacial score (nSPS) is 11.2. The molecule has 0 saturated heterocycles. The van der Waals surface area contributed by atoms with Crippen LogP contribution in [0.15, 0.2) is 22.7 Å². The number of benzene rings is 1. The highest BCUT2D eigenvalue weighted by molar-refractivity contribution is 6.39. The van der Waals surface area contributed by atoms with Crippen LogP contribution in [0.25, 0.3) is 11.3 Å². The van der Waals surface area contributed by atoms with E-state index in [1.54, 1.807) is 18.2 Å². The smallest absolute Gasteiger partial charge is 0.225 e. The molecule has 0 fully saturated rings. The van der Waals surface area contributed by atoms with Crippen LogP contribution in [0.3, 0.4) is 0 Å². The van der Waals surface area contributed by atoms with Crippen molar-refractivity contribution in [3.05, 3.63) is 33.8 Å². The van der Waals surface area contributed by atoms with Gasteiger partial charge in [0.1, 0.15) is 5.69 Å². The Bertz CT molecular complexity index is 544. The Labute approximate surface area is 116 Å². The first-order valence-electron chi connectivity index (χ1n) is 5.69. The maximum Gasteiger partial charge on any atom is 0.225 e. The van der Waals surface area contributed by atoms with Gasteiger partial charge in [-0.3, -0.25) is 0 Å². The Balaban J connectivity index is 2.58. The molecule has 0 amide bonds. The molecule has 96 valence electrons. The Morgan fingerprint density at radius 2 is 1.89 bits per heavy atom. The molecule has 0 aliphatic rings. The van der Waals surface area contributed by atoms with Crippen LogP contribution in [0, 0.1) is 5.92 Å². The van der Waals surface area contributed by atoms with Gasteiger partial charge in [-0.2, -0.15) is 0 Å². The van der Waals surface area contributed by atoms with Crippen LogP contribution in [0.2, 0.25) is 10.0 Å². The van der Waals surface area contributed by atoms with Crippen molar-refractivity contribution in [2.24, 2.45) is 5.92 Å². The molecule has 0 saturated carbocycles. The third-order valence-electron chi connectivity index (χ3n) is 2.63. The van der Waals surface area contributed by atoms with Crippen molar-refractivity contribution < 1.29 is 4.52 Å². The van der Waals surface area contributed by atoms with Gasteiger partial charge in [0, 0.05) is 11.1 Å². The van der Waals surface area contributed by atoms with Crippen LogP contribution in [-0.4, -0.2) is 5.16 Å². The topological polar surface area (TPSA) is 52.0 Å². The Hall–Kier alpha value is -1.19. The molecule has 5 heteroatoms. The van der Waals surface area contributed by atoms with Gasteiger partial charge in [0.2, 0.25) is 5.88 Å². The first kappa shape index (κ1) is 13.2. The molecule has 2 N–H and O–H groups in total. The fourth-order valence-corrected chi connectivity index (χ4v) is 2.42. The summed E-state index contributed by atoms with van der Waals surface area (Å²) in [5, 5.41) is 5.08. The molecule has 0 aliphatic carbocycles. The maximum absolute atomic E-state index is 6.17. The number of nitrogens with zero attached hydrogens (tertiary/aromatic N) is 1. The number of nitrogens with two attached hydrogens (primary N) is 1. The zero-order valence-corrected chi connectivity index (χ0v) is 11.7. The molecule has 2 aromatic rings. The summed E-state index contributed by atoms with van der Waals surface area (Å²) in [7, 11) is 0. The van der Waals surface area contributed by atoms with Crippen molar-refractivity contribution in [1.29, 1.82) is 0 Å². The maximum atomic E-state index is 6.17. The number of halogens is 2. The van der Waals surface area contributed by atoms with Gasteiger partial charge in [0.15, 0.2) is 0 Å². The number of hydrogen-bond donors (Lipinski definition) is 1. The average Bonchev–Trinajstić information content (AvgIpc) is 2.61. The molecule has 1 heterocycles. The monoisotopic (exact) mass is 284 g/mol. The highest BCUT2D eigenvalue weighted by Gasteiger charge is 2.20. The first-order valence-corrected chi connectivity index (χ1v) is 6.44. The van der Waals surface area contributed by atoms with Gasteiger partial charge in [0.25, 0.3) is 0 Å². The highest BCUT2D eigenvalue weighted by atomic mass is 35.5. The molecule has 0 bridgehead atoms. The van der Waals surface area contributed by atoms with Crippen molar-refractivity contribution in [1.82, 2.24) is 5.16 Å². The summed E-state index contributed by atoms with van der Waals surface area (Å²) in [4.78, 5) is 0. The summed E-state index contributed by atoms with van der Waals surface area (Å²) in [6.07, 6.45) is 0.770. The van der Waals surface area contributed by atoms with Crippen molar-refractivity contribution in [2.45, 2.75) is 20.3 Å². The van der Waals surface area contributed by atoms with E-state index in [0.717, 1.165) is 12.0 Å². The predicted molar refractivity (Wildman–Crippen MR) is 74.9 cm³/mol. The van der Waals surface area contributed by atoms with Crippen LogP contribution in [0.1, 0.15) is 19.4 Å². The molecular formula is C13H14Cl2N2O. The third-order valence-corrected chi connectivity index (χ3v) is 3.26. The van der Waals surface area contributed by atoms with Crippen LogP contribution >= 0.6 is 23.2 Å². The van der Waals surface area contributed by atoms with Gasteiger partial charge < -0.3 is 10.3 Å². The molecule has 3 nitrogen and oxygen atoms in total. The summed E-state index contributed by atoms with van der Waals surface area (Å²) in [6, 6.07) is 5.33. The first-order chi connectivity index (χ1) is 8.50. The van der Waals surface area contributed by atoms with Crippen molar-refractivity contribution in [2.75, 3.05) is 5.73 Å². The number of rotatable bonds is 3. The van der Waals surface area contributed by atoms with E-state index in [9.17, 15) is 0 Å². The second kappa shape index (κ2) is 5.21. The molecule has 0 unspecified atom stereocenters. The van der Waals surface area contributed by atoms with E-state index in [1.165, 1.54) is 0 Å². The van der Waals surface area contributed by atoms with Crippen molar-refractivity contribution >= 4 is 29.1 Å². The minimum Gasteiger partial charge on any atom is -0.367 e. The molecule has 2 rings (SSSR count). The van der Waals surface area contributed by atoms with Crippen molar-refractivity contribution in [3.63, 3.8) is 0 Å². The summed E-state index contributed by atoms with van der Waals surface area (Å²) in [5.74, 6) is 0.765. The Morgan fingerprint density at radius 1 is 1.28 bits per heavy atom. The lowest BCUT2D eigenvalue weighted by Crippen LogP contribution is -1.99. The Morgan fingerprint density at radius 3 is 2.44 bits per heavy atom. The fourth-order valence-electron chi connectivity index (χ4n) is 1.85. The highest BCUT2D eigenvalue weighted by Crippen LogP contribution is 2.38. The molecule has 18 heavy (non-hydrogen) atoms. The zero-order chi connectivity index (χ0) is 13.3. The van der Waals surface area contributed by atoms with E-state index in [2.05, 4.69) is 19.0 Å². The summed E-state index contributed by atoms with van der Waals surface area (Å²) in [6.45, 7) is 4.20. The largest absolute Gasteiger partial charge is 0.367 e. The number of hydrogen-bond acceptors (Lipinski definition) is 3. The van der Waals surface area contributed by atoms with Gasteiger partial charge in [-0.1, -0.05) is 48.3 Å². The van der Waals surface area contributed by atoms with E-state index < -0.39 is 0 Å². The van der Waals surface area contributed by atoms with Crippen LogP contribution in [-0.2, 0) is 6.42 Å². The number of nitrogen functional groups attached to an aromatic ring is 1. The molecule has 0 radical (unpaired) electrons. The Kier molecular flexibility index (Phi) is 3.83. The summed E-state index contributed by atoms with van der Waals surface area (Å²) >= 11 is 12.3. The van der Waals surface area contributed by atoms with E-state index >= 15 is 0 Å².